The van der Waals surface area contributed by atoms with Crippen LogP contribution in [-0.2, 0) is 4.74 Å². The van der Waals surface area contributed by atoms with Crippen LogP contribution in [0.1, 0.15) is 22.0 Å². The van der Waals surface area contributed by atoms with E-state index in [0.717, 1.165) is 5.56 Å². The van der Waals surface area contributed by atoms with Gasteiger partial charge in [0.25, 0.3) is 0 Å². The fourth-order valence-corrected chi connectivity index (χ4v) is 2.19. The molecule has 0 radical (unpaired) electrons. The summed E-state index contributed by atoms with van der Waals surface area (Å²) in [7, 11) is 0. The van der Waals surface area contributed by atoms with Gasteiger partial charge >= 0.3 is 0 Å². The van der Waals surface area contributed by atoms with E-state index in [1.54, 1.807) is 12.1 Å². The molecule has 2 rings (SSSR count). The molecule has 0 bridgehead atoms. The molecular formula is C18H21NO4. The molecule has 5 nitrogen and oxygen atoms in total. The standard InChI is InChI=1S/C18H21NO4/c20-16(21)13-19-11-12-23-18(15-9-5-2-6-10-15)17(22)14-7-3-1-4-8-14/h1-10,16,18-21H,11-13H2. The van der Waals surface area contributed by atoms with E-state index in [0.29, 0.717) is 12.1 Å². The molecule has 2 aromatic carbocycles. The Bertz CT molecular complexity index is 586. The van der Waals surface area contributed by atoms with Crippen LogP contribution in [0, 0.1) is 0 Å². The summed E-state index contributed by atoms with van der Waals surface area (Å²) in [6.45, 7) is 0.764. The van der Waals surface area contributed by atoms with Gasteiger partial charge in [-0.05, 0) is 5.56 Å². The van der Waals surface area contributed by atoms with E-state index >= 15 is 0 Å². The van der Waals surface area contributed by atoms with Gasteiger partial charge in [-0.25, -0.2) is 0 Å². The smallest absolute Gasteiger partial charge is 0.196 e. The minimum absolute atomic E-state index is 0.0615. The van der Waals surface area contributed by atoms with Crippen LogP contribution in [0.5, 0.6) is 0 Å². The highest BCUT2D eigenvalue weighted by Crippen LogP contribution is 2.22. The number of ether oxygens (including phenoxy) is 1. The lowest BCUT2D eigenvalue weighted by Crippen LogP contribution is -2.30. The summed E-state index contributed by atoms with van der Waals surface area (Å²) in [6, 6.07) is 18.4. The third-order valence-electron chi connectivity index (χ3n) is 3.29. The van der Waals surface area contributed by atoms with E-state index in [9.17, 15) is 4.79 Å². The number of hydrogen-bond donors (Lipinski definition) is 3. The number of benzene rings is 2. The SMILES string of the molecule is O=C(c1ccccc1)C(OCCNCC(O)O)c1ccccc1. The number of carbonyl (C=O) groups is 1. The maximum atomic E-state index is 12.7. The second kappa shape index (κ2) is 9.17. The van der Waals surface area contributed by atoms with Crippen molar-refractivity contribution in [3.8, 4) is 0 Å². The van der Waals surface area contributed by atoms with Gasteiger partial charge in [0, 0.05) is 18.7 Å². The van der Waals surface area contributed by atoms with Gasteiger partial charge in [-0.15, -0.1) is 0 Å². The molecule has 23 heavy (non-hydrogen) atoms. The maximum Gasteiger partial charge on any atom is 0.196 e. The number of aliphatic hydroxyl groups excluding tert-OH is 1. The van der Waals surface area contributed by atoms with Crippen LogP contribution in [-0.4, -0.2) is 42.0 Å². The minimum Gasteiger partial charge on any atom is -0.367 e. The van der Waals surface area contributed by atoms with Gasteiger partial charge in [0.15, 0.2) is 12.1 Å². The van der Waals surface area contributed by atoms with Crippen molar-refractivity contribution >= 4 is 5.78 Å². The number of Topliss-reactive ketones (excluding diaryl/α,β-unsaturated/α-hetero) is 1. The lowest BCUT2D eigenvalue weighted by molar-refractivity contribution is -0.0385. The van der Waals surface area contributed by atoms with Crippen molar-refractivity contribution in [3.05, 3.63) is 71.8 Å². The molecule has 0 heterocycles. The Kier molecular flexibility index (Phi) is 6.90. The predicted molar refractivity (Wildman–Crippen MR) is 87.0 cm³/mol. The Morgan fingerprint density at radius 1 is 1.00 bits per heavy atom. The summed E-state index contributed by atoms with van der Waals surface area (Å²) in [5, 5.41) is 20.4. The molecule has 122 valence electrons. The maximum absolute atomic E-state index is 12.7. The molecule has 0 aliphatic rings. The fourth-order valence-electron chi connectivity index (χ4n) is 2.19. The van der Waals surface area contributed by atoms with Crippen molar-refractivity contribution in [2.75, 3.05) is 19.7 Å². The number of carbonyl (C=O) groups excluding carboxylic acids is 1. The molecule has 1 unspecified atom stereocenters. The van der Waals surface area contributed by atoms with Gasteiger partial charge in [0.2, 0.25) is 0 Å². The van der Waals surface area contributed by atoms with Crippen LogP contribution in [0.25, 0.3) is 0 Å². The van der Waals surface area contributed by atoms with E-state index < -0.39 is 12.4 Å². The van der Waals surface area contributed by atoms with E-state index in [2.05, 4.69) is 5.32 Å². The minimum atomic E-state index is -1.40. The van der Waals surface area contributed by atoms with Crippen molar-refractivity contribution < 1.29 is 19.7 Å². The molecular weight excluding hydrogens is 294 g/mol. The molecule has 0 aromatic heterocycles. The first-order valence-electron chi connectivity index (χ1n) is 7.51. The topological polar surface area (TPSA) is 78.8 Å². The highest BCUT2D eigenvalue weighted by molar-refractivity contribution is 6.00. The fraction of sp³-hybridized carbons (Fsp3) is 0.278. The first kappa shape index (κ1) is 17.3. The Hall–Kier alpha value is -2.05. The number of rotatable bonds is 9. The highest BCUT2D eigenvalue weighted by atomic mass is 16.5. The van der Waals surface area contributed by atoms with Gasteiger partial charge in [-0.2, -0.15) is 0 Å². The van der Waals surface area contributed by atoms with Gasteiger partial charge in [-0.1, -0.05) is 60.7 Å². The Labute approximate surface area is 135 Å². The molecule has 2 aromatic rings. The zero-order chi connectivity index (χ0) is 16.5. The number of ketones is 1. The number of aliphatic hydroxyl groups is 2. The third-order valence-corrected chi connectivity index (χ3v) is 3.29. The van der Waals surface area contributed by atoms with Crippen molar-refractivity contribution in [3.63, 3.8) is 0 Å². The summed E-state index contributed by atoms with van der Waals surface area (Å²) < 4.78 is 5.75. The Morgan fingerprint density at radius 2 is 1.61 bits per heavy atom. The van der Waals surface area contributed by atoms with Gasteiger partial charge in [0.05, 0.1) is 6.61 Å². The van der Waals surface area contributed by atoms with E-state index in [1.807, 2.05) is 48.5 Å². The quantitative estimate of drug-likeness (QED) is 0.371. The van der Waals surface area contributed by atoms with Crippen molar-refractivity contribution in [1.29, 1.82) is 0 Å². The molecule has 0 aliphatic carbocycles. The molecule has 0 aliphatic heterocycles. The Morgan fingerprint density at radius 3 is 2.22 bits per heavy atom. The summed E-state index contributed by atoms with van der Waals surface area (Å²) >= 11 is 0. The molecule has 0 amide bonds. The van der Waals surface area contributed by atoms with Gasteiger partial charge in [0.1, 0.15) is 6.10 Å². The third kappa shape index (κ3) is 5.58. The summed E-state index contributed by atoms with van der Waals surface area (Å²) in [4.78, 5) is 12.7. The second-order valence-corrected chi connectivity index (χ2v) is 5.08. The Balaban J connectivity index is 2.03. The van der Waals surface area contributed by atoms with Crippen molar-refractivity contribution in [2.45, 2.75) is 12.4 Å². The van der Waals surface area contributed by atoms with Crippen molar-refractivity contribution in [2.24, 2.45) is 0 Å². The van der Waals surface area contributed by atoms with Crippen LogP contribution in [0.2, 0.25) is 0 Å². The monoisotopic (exact) mass is 315 g/mol. The first-order valence-corrected chi connectivity index (χ1v) is 7.51. The van der Waals surface area contributed by atoms with E-state index in [-0.39, 0.29) is 18.9 Å². The lowest BCUT2D eigenvalue weighted by atomic mass is 10.00. The molecule has 5 heteroatoms. The van der Waals surface area contributed by atoms with Crippen LogP contribution in [0.3, 0.4) is 0 Å². The molecule has 1 atom stereocenters. The van der Waals surface area contributed by atoms with E-state index in [4.69, 9.17) is 14.9 Å². The van der Waals surface area contributed by atoms with Gasteiger partial charge < -0.3 is 20.3 Å². The van der Waals surface area contributed by atoms with Gasteiger partial charge in [-0.3, -0.25) is 4.79 Å². The second-order valence-electron chi connectivity index (χ2n) is 5.08. The van der Waals surface area contributed by atoms with Crippen LogP contribution in [0.4, 0.5) is 0 Å². The molecule has 3 N–H and O–H groups in total. The van der Waals surface area contributed by atoms with Crippen molar-refractivity contribution in [1.82, 2.24) is 5.32 Å². The normalized spacial score (nSPS) is 12.3. The highest BCUT2D eigenvalue weighted by Gasteiger charge is 2.22. The largest absolute Gasteiger partial charge is 0.367 e. The molecule has 0 fully saturated rings. The zero-order valence-electron chi connectivity index (χ0n) is 12.8. The average molecular weight is 315 g/mol. The first-order chi connectivity index (χ1) is 11.2. The summed E-state index contributed by atoms with van der Waals surface area (Å²) in [5.74, 6) is -0.0982. The summed E-state index contributed by atoms with van der Waals surface area (Å²) in [5.41, 5.74) is 1.39. The van der Waals surface area contributed by atoms with E-state index in [1.165, 1.54) is 0 Å². The summed E-state index contributed by atoms with van der Waals surface area (Å²) in [6.07, 6.45) is -2.08. The van der Waals surface area contributed by atoms with Crippen LogP contribution in [0.15, 0.2) is 60.7 Å². The average Bonchev–Trinajstić information content (AvgIpc) is 2.59. The lowest BCUT2D eigenvalue weighted by Gasteiger charge is -2.18. The van der Waals surface area contributed by atoms with Crippen LogP contribution >= 0.6 is 0 Å². The number of hydrogen-bond acceptors (Lipinski definition) is 5. The zero-order valence-corrected chi connectivity index (χ0v) is 12.8. The predicted octanol–water partition coefficient (Wildman–Crippen LogP) is 1.53. The molecule has 0 saturated heterocycles. The number of nitrogens with one attached hydrogen (secondary N) is 1. The molecule has 0 saturated carbocycles. The molecule has 0 spiro atoms. The van der Waals surface area contributed by atoms with Crippen LogP contribution < -0.4 is 5.32 Å².